The number of anilines is 1. The van der Waals surface area contributed by atoms with Gasteiger partial charge in [-0.1, -0.05) is 19.1 Å². The number of nitrogens with two attached hydrogens (primary N) is 1. The van der Waals surface area contributed by atoms with Gasteiger partial charge >= 0.3 is 0 Å². The van der Waals surface area contributed by atoms with E-state index in [1.54, 1.807) is 6.20 Å². The fourth-order valence-electron chi connectivity index (χ4n) is 2.36. The summed E-state index contributed by atoms with van der Waals surface area (Å²) in [6.07, 6.45) is 8.28. The van der Waals surface area contributed by atoms with Gasteiger partial charge in [-0.15, -0.1) is 0 Å². The van der Waals surface area contributed by atoms with Crippen LogP contribution >= 0.6 is 0 Å². The van der Waals surface area contributed by atoms with E-state index in [1.807, 2.05) is 0 Å². The molecule has 0 saturated heterocycles. The molecule has 2 aromatic rings. The summed E-state index contributed by atoms with van der Waals surface area (Å²) in [5, 5.41) is 7.49. The van der Waals surface area contributed by atoms with Gasteiger partial charge in [0.1, 0.15) is 5.39 Å². The Morgan fingerprint density at radius 3 is 3.05 bits per heavy atom. The van der Waals surface area contributed by atoms with E-state index in [9.17, 15) is 0 Å². The van der Waals surface area contributed by atoms with Crippen molar-refractivity contribution in [2.75, 3.05) is 12.3 Å². The van der Waals surface area contributed by atoms with Crippen molar-refractivity contribution < 1.29 is 4.74 Å². The highest BCUT2D eigenvalue weighted by Gasteiger charge is 2.20. The molecule has 2 unspecified atom stereocenters. The summed E-state index contributed by atoms with van der Waals surface area (Å²) < 4.78 is 5.84. The summed E-state index contributed by atoms with van der Waals surface area (Å²) >= 11 is 0. The van der Waals surface area contributed by atoms with Crippen LogP contribution in [-0.2, 0) is 0 Å². The smallest absolute Gasteiger partial charge is 0.229 e. The number of aromatic amines is 1. The minimum atomic E-state index is 0.198. The van der Waals surface area contributed by atoms with Crippen LogP contribution in [0.3, 0.4) is 0 Å². The zero-order chi connectivity index (χ0) is 13.2. The minimum Gasteiger partial charge on any atom is -0.477 e. The molecule has 0 amide bonds. The minimum absolute atomic E-state index is 0.198. The van der Waals surface area contributed by atoms with E-state index in [1.165, 1.54) is 0 Å². The van der Waals surface area contributed by atoms with Crippen molar-refractivity contribution in [3.8, 4) is 5.88 Å². The van der Waals surface area contributed by atoms with Crippen LogP contribution in [-0.4, -0.2) is 26.8 Å². The fourth-order valence-corrected chi connectivity index (χ4v) is 2.36. The number of rotatable bonds is 3. The molecule has 2 heterocycles. The van der Waals surface area contributed by atoms with Crippen molar-refractivity contribution in [3.05, 3.63) is 18.3 Å². The van der Waals surface area contributed by atoms with E-state index in [0.717, 1.165) is 18.2 Å². The molecule has 1 aliphatic rings. The van der Waals surface area contributed by atoms with Crippen LogP contribution in [0.15, 0.2) is 18.3 Å². The fraction of sp³-hybridized carbons (Fsp3) is 0.462. The Kier molecular flexibility index (Phi) is 3.06. The van der Waals surface area contributed by atoms with Crippen LogP contribution in [0.2, 0.25) is 0 Å². The topological polar surface area (TPSA) is 89.7 Å². The number of nitrogen functional groups attached to an aromatic ring is 1. The van der Waals surface area contributed by atoms with Crippen LogP contribution < -0.4 is 10.5 Å². The molecule has 0 bridgehead atoms. The highest BCUT2D eigenvalue weighted by Crippen LogP contribution is 2.27. The number of hydrogen-bond acceptors (Lipinski definition) is 5. The van der Waals surface area contributed by atoms with Gasteiger partial charge in [-0.3, -0.25) is 5.10 Å². The Hall–Kier alpha value is -2.11. The number of allylic oxidation sites excluding steroid dienone is 2. The molecule has 100 valence electrons. The van der Waals surface area contributed by atoms with Crippen molar-refractivity contribution in [2.24, 2.45) is 11.8 Å². The summed E-state index contributed by atoms with van der Waals surface area (Å²) in [7, 11) is 0. The zero-order valence-corrected chi connectivity index (χ0v) is 10.8. The van der Waals surface area contributed by atoms with Crippen molar-refractivity contribution in [3.63, 3.8) is 0 Å². The van der Waals surface area contributed by atoms with Crippen LogP contribution in [0.5, 0.6) is 5.88 Å². The molecule has 0 spiro atoms. The van der Waals surface area contributed by atoms with E-state index < -0.39 is 0 Å². The molecule has 6 heteroatoms. The molecule has 2 aromatic heterocycles. The van der Waals surface area contributed by atoms with E-state index in [2.05, 4.69) is 39.2 Å². The second-order valence-corrected chi connectivity index (χ2v) is 5.01. The lowest BCUT2D eigenvalue weighted by molar-refractivity contribution is 0.195. The third-order valence-electron chi connectivity index (χ3n) is 3.64. The first-order valence-corrected chi connectivity index (χ1v) is 6.48. The molecular formula is C13H17N5O. The third kappa shape index (κ3) is 2.38. The summed E-state index contributed by atoms with van der Waals surface area (Å²) in [6, 6.07) is 0. The summed E-state index contributed by atoms with van der Waals surface area (Å²) in [5.74, 6) is 1.86. The summed E-state index contributed by atoms with van der Waals surface area (Å²) in [4.78, 5) is 8.21. The van der Waals surface area contributed by atoms with E-state index in [-0.39, 0.29) is 5.95 Å². The van der Waals surface area contributed by atoms with Gasteiger partial charge in [-0.2, -0.15) is 15.1 Å². The van der Waals surface area contributed by atoms with Gasteiger partial charge < -0.3 is 10.5 Å². The number of H-pyrrole nitrogens is 1. The molecular weight excluding hydrogens is 242 g/mol. The lowest BCUT2D eigenvalue weighted by atomic mass is 9.85. The SMILES string of the molecule is CC1CC=CCC1COc1nc(N)nc2[nH]ncc12. The van der Waals surface area contributed by atoms with Gasteiger partial charge in [0.05, 0.1) is 12.8 Å². The molecule has 0 radical (unpaired) electrons. The molecule has 0 aromatic carbocycles. The Morgan fingerprint density at radius 1 is 1.37 bits per heavy atom. The van der Waals surface area contributed by atoms with Crippen molar-refractivity contribution in [1.29, 1.82) is 0 Å². The van der Waals surface area contributed by atoms with Crippen LogP contribution in [0.4, 0.5) is 5.95 Å². The summed E-state index contributed by atoms with van der Waals surface area (Å²) in [6.45, 7) is 2.89. The summed E-state index contributed by atoms with van der Waals surface area (Å²) in [5.41, 5.74) is 6.27. The largest absolute Gasteiger partial charge is 0.477 e. The molecule has 3 N–H and O–H groups in total. The Labute approximate surface area is 111 Å². The second-order valence-electron chi connectivity index (χ2n) is 5.01. The lowest BCUT2D eigenvalue weighted by Gasteiger charge is -2.24. The molecule has 19 heavy (non-hydrogen) atoms. The lowest BCUT2D eigenvalue weighted by Crippen LogP contribution is -2.21. The Morgan fingerprint density at radius 2 is 2.21 bits per heavy atom. The Bertz CT molecular complexity index is 606. The van der Waals surface area contributed by atoms with Gasteiger partial charge in [-0.25, -0.2) is 0 Å². The first kappa shape index (κ1) is 12.0. The number of hydrogen-bond donors (Lipinski definition) is 2. The average molecular weight is 259 g/mol. The van der Waals surface area contributed by atoms with Gasteiger partial charge in [0.25, 0.3) is 0 Å². The van der Waals surface area contributed by atoms with E-state index >= 15 is 0 Å². The average Bonchev–Trinajstić information content (AvgIpc) is 2.85. The third-order valence-corrected chi connectivity index (χ3v) is 3.64. The normalized spacial score (nSPS) is 22.8. The number of ether oxygens (including phenoxy) is 1. The maximum atomic E-state index is 5.84. The predicted molar refractivity (Wildman–Crippen MR) is 72.6 cm³/mol. The maximum Gasteiger partial charge on any atom is 0.229 e. The van der Waals surface area contributed by atoms with Crippen LogP contribution in [0.25, 0.3) is 11.0 Å². The van der Waals surface area contributed by atoms with Gasteiger partial charge in [0.2, 0.25) is 11.8 Å². The number of nitrogens with one attached hydrogen (secondary N) is 1. The highest BCUT2D eigenvalue weighted by molar-refractivity contribution is 5.80. The molecule has 3 rings (SSSR count). The van der Waals surface area contributed by atoms with Gasteiger partial charge in [0, 0.05) is 0 Å². The van der Waals surface area contributed by atoms with Crippen molar-refractivity contribution in [1.82, 2.24) is 20.2 Å². The Balaban J connectivity index is 1.78. The second kappa shape index (κ2) is 4.87. The van der Waals surface area contributed by atoms with E-state index in [0.29, 0.717) is 30.0 Å². The monoisotopic (exact) mass is 259 g/mol. The first-order valence-electron chi connectivity index (χ1n) is 6.48. The number of nitrogens with zero attached hydrogens (tertiary/aromatic N) is 3. The van der Waals surface area contributed by atoms with E-state index in [4.69, 9.17) is 10.5 Å². The first-order chi connectivity index (χ1) is 9.24. The van der Waals surface area contributed by atoms with Gasteiger partial charge in [-0.05, 0) is 24.7 Å². The molecule has 0 saturated carbocycles. The van der Waals surface area contributed by atoms with Crippen LogP contribution in [0, 0.1) is 11.8 Å². The standard InChI is InChI=1S/C13H17N5O/c1-8-4-2-3-5-9(8)7-19-12-10-6-15-18-11(10)16-13(14)17-12/h2-3,6,8-9H,4-5,7H2,1H3,(H3,14,15,16,17,18). The maximum absolute atomic E-state index is 5.84. The number of fused-ring (bicyclic) bond motifs is 1. The zero-order valence-electron chi connectivity index (χ0n) is 10.8. The van der Waals surface area contributed by atoms with Crippen LogP contribution in [0.1, 0.15) is 19.8 Å². The highest BCUT2D eigenvalue weighted by atomic mass is 16.5. The molecule has 0 fully saturated rings. The number of aromatic nitrogens is 4. The van der Waals surface area contributed by atoms with Crippen molar-refractivity contribution in [2.45, 2.75) is 19.8 Å². The molecule has 1 aliphatic carbocycles. The predicted octanol–water partition coefficient (Wildman–Crippen LogP) is 1.92. The van der Waals surface area contributed by atoms with Gasteiger partial charge in [0.15, 0.2) is 5.65 Å². The molecule has 0 aliphatic heterocycles. The molecule has 6 nitrogen and oxygen atoms in total. The molecule has 2 atom stereocenters. The van der Waals surface area contributed by atoms with Crippen molar-refractivity contribution >= 4 is 17.0 Å². The quantitative estimate of drug-likeness (QED) is 0.822.